The van der Waals surface area contributed by atoms with Gasteiger partial charge in [0.2, 0.25) is 0 Å². The number of aryl methyl sites for hydroxylation is 1. The highest BCUT2D eigenvalue weighted by Gasteiger charge is 2.35. The molecule has 3 aliphatic carbocycles. The highest BCUT2D eigenvalue weighted by molar-refractivity contribution is 6.36. The molecule has 0 unspecified atom stereocenters. The van der Waals surface area contributed by atoms with Gasteiger partial charge in [0, 0.05) is 27.4 Å². The Morgan fingerprint density at radius 1 is 1.00 bits per heavy atom. The zero-order valence-corrected chi connectivity index (χ0v) is 16.5. The van der Waals surface area contributed by atoms with Crippen LogP contribution in [0.25, 0.3) is 16.7 Å². The summed E-state index contributed by atoms with van der Waals surface area (Å²) in [6, 6.07) is 11.4. The lowest BCUT2D eigenvalue weighted by Gasteiger charge is -2.16. The van der Waals surface area contributed by atoms with E-state index in [1.54, 1.807) is 12.1 Å². The Kier molecular flexibility index (Phi) is 4.88. The van der Waals surface area contributed by atoms with Crippen LogP contribution in [0.1, 0.15) is 30.9 Å². The van der Waals surface area contributed by atoms with E-state index in [1.165, 1.54) is 0 Å². The molecule has 2 bridgehead atoms. The number of benzene rings is 2. The molecule has 0 saturated carbocycles. The van der Waals surface area contributed by atoms with E-state index in [9.17, 15) is 9.90 Å². The second kappa shape index (κ2) is 7.18. The molecule has 0 aliphatic heterocycles. The van der Waals surface area contributed by atoms with E-state index in [2.05, 4.69) is 6.92 Å². The Hall–Kier alpha value is -2.03. The number of carbonyl (C=O) groups excluding carboxylic acids is 1. The zero-order chi connectivity index (χ0) is 19.1. The molecule has 2 atom stereocenters. The van der Waals surface area contributed by atoms with Crippen molar-refractivity contribution in [3.8, 4) is 11.1 Å². The van der Waals surface area contributed by atoms with Crippen molar-refractivity contribution in [2.24, 2.45) is 11.8 Å². The van der Waals surface area contributed by atoms with E-state index >= 15 is 0 Å². The van der Waals surface area contributed by atoms with Gasteiger partial charge in [-0.25, -0.2) is 0 Å². The number of aliphatic hydroxyl groups is 1. The van der Waals surface area contributed by atoms with Crippen LogP contribution in [-0.2, 0) is 11.2 Å². The summed E-state index contributed by atoms with van der Waals surface area (Å²) >= 11 is 12.4. The van der Waals surface area contributed by atoms with Gasteiger partial charge in [-0.1, -0.05) is 60.5 Å². The smallest absolute Gasteiger partial charge is 0.173 e. The Morgan fingerprint density at radius 3 is 2.41 bits per heavy atom. The van der Waals surface area contributed by atoms with Gasteiger partial charge in [0.15, 0.2) is 5.78 Å². The standard InChI is InChI=1S/C23H20Cl2O2/c1-2-13-3-8-16(18-10-9-17(24)12-20(18)25)11-19(13)21-22(26)14-4-5-15(7-6-14)23(21)27/h3-5,8-12,14-15,26H,2,6-7H2,1H3/t14-,15+/m1/s1. The van der Waals surface area contributed by atoms with Gasteiger partial charge in [0.05, 0.1) is 5.57 Å². The number of fused-ring (bicyclic) bond motifs is 2. The van der Waals surface area contributed by atoms with Gasteiger partial charge in [0.25, 0.3) is 0 Å². The molecule has 2 aromatic rings. The van der Waals surface area contributed by atoms with Crippen LogP contribution in [0.15, 0.2) is 54.3 Å². The SMILES string of the molecule is CCc1ccc(-c2ccc(Cl)cc2Cl)cc1C1=C(O)[C@@H]2C=C[C@@H](CC2)C1=O. The van der Waals surface area contributed by atoms with Crippen molar-refractivity contribution in [1.82, 2.24) is 0 Å². The molecular formula is C23H20Cl2O2. The van der Waals surface area contributed by atoms with Crippen LogP contribution >= 0.6 is 23.2 Å². The number of Topliss-reactive ketones (excluding diaryl/α,β-unsaturated/α-hetero) is 1. The maximum atomic E-state index is 13.1. The van der Waals surface area contributed by atoms with Crippen LogP contribution in [0, 0.1) is 11.8 Å². The van der Waals surface area contributed by atoms with E-state index in [0.29, 0.717) is 15.6 Å². The third-order valence-corrected chi connectivity index (χ3v) is 6.10. The lowest BCUT2D eigenvalue weighted by Crippen LogP contribution is -2.14. The fourth-order valence-electron chi connectivity index (χ4n) is 4.04. The molecule has 0 amide bonds. The lowest BCUT2D eigenvalue weighted by molar-refractivity contribution is -0.116. The topological polar surface area (TPSA) is 37.3 Å². The second-order valence-corrected chi connectivity index (χ2v) is 7.99. The average Bonchev–Trinajstić information content (AvgIpc) is 2.86. The summed E-state index contributed by atoms with van der Waals surface area (Å²) in [6.07, 6.45) is 6.30. The summed E-state index contributed by atoms with van der Waals surface area (Å²) in [5, 5.41) is 12.0. The van der Waals surface area contributed by atoms with Crippen LogP contribution in [0.3, 0.4) is 0 Å². The first-order valence-corrected chi connectivity index (χ1v) is 9.99. The minimum atomic E-state index is -0.145. The molecular weight excluding hydrogens is 379 g/mol. The molecule has 0 aromatic heterocycles. The third kappa shape index (κ3) is 3.22. The maximum absolute atomic E-state index is 13.1. The summed E-state index contributed by atoms with van der Waals surface area (Å²) < 4.78 is 0. The average molecular weight is 399 g/mol. The quantitative estimate of drug-likeness (QED) is 0.586. The van der Waals surface area contributed by atoms with Gasteiger partial charge in [0.1, 0.15) is 5.76 Å². The number of ketones is 1. The number of aliphatic hydroxyl groups excluding tert-OH is 1. The number of hydrogen-bond donors (Lipinski definition) is 1. The largest absolute Gasteiger partial charge is 0.511 e. The minimum absolute atomic E-state index is 0.0119. The van der Waals surface area contributed by atoms with Crippen molar-refractivity contribution in [2.75, 3.05) is 0 Å². The molecule has 4 heteroatoms. The van der Waals surface area contributed by atoms with Crippen molar-refractivity contribution >= 4 is 34.6 Å². The molecule has 5 rings (SSSR count). The predicted molar refractivity (Wildman–Crippen MR) is 111 cm³/mol. The van der Waals surface area contributed by atoms with Gasteiger partial charge in [-0.15, -0.1) is 0 Å². The Bertz CT molecular complexity index is 988. The molecule has 1 N–H and O–H groups in total. The molecule has 3 aliphatic rings. The van der Waals surface area contributed by atoms with E-state index in [1.807, 2.05) is 36.4 Å². The summed E-state index contributed by atoms with van der Waals surface area (Å²) in [7, 11) is 0. The van der Waals surface area contributed by atoms with Gasteiger partial charge in [-0.2, -0.15) is 0 Å². The van der Waals surface area contributed by atoms with Crippen molar-refractivity contribution in [1.29, 1.82) is 0 Å². The first-order valence-electron chi connectivity index (χ1n) is 9.24. The van der Waals surface area contributed by atoms with Crippen LogP contribution in [0.2, 0.25) is 10.0 Å². The summed E-state index contributed by atoms with van der Waals surface area (Å²) in [6.45, 7) is 2.05. The first kappa shape index (κ1) is 18.3. The monoisotopic (exact) mass is 398 g/mol. The first-order chi connectivity index (χ1) is 13.0. The predicted octanol–water partition coefficient (Wildman–Crippen LogP) is 6.66. The summed E-state index contributed by atoms with van der Waals surface area (Å²) in [4.78, 5) is 13.1. The van der Waals surface area contributed by atoms with Crippen LogP contribution in [-0.4, -0.2) is 10.9 Å². The molecule has 0 fully saturated rings. The fraction of sp³-hybridized carbons (Fsp3) is 0.261. The molecule has 2 aromatic carbocycles. The maximum Gasteiger partial charge on any atom is 0.173 e. The number of hydrogen-bond acceptors (Lipinski definition) is 2. The molecule has 0 heterocycles. The Balaban J connectivity index is 1.90. The van der Waals surface area contributed by atoms with Crippen LogP contribution < -0.4 is 0 Å². The van der Waals surface area contributed by atoms with Gasteiger partial charge < -0.3 is 5.11 Å². The van der Waals surface area contributed by atoms with Crippen molar-refractivity contribution < 1.29 is 9.90 Å². The Morgan fingerprint density at radius 2 is 1.74 bits per heavy atom. The number of rotatable bonds is 3. The van der Waals surface area contributed by atoms with E-state index < -0.39 is 0 Å². The molecule has 138 valence electrons. The van der Waals surface area contributed by atoms with Crippen molar-refractivity contribution in [3.63, 3.8) is 0 Å². The van der Waals surface area contributed by atoms with Gasteiger partial charge >= 0.3 is 0 Å². The van der Waals surface area contributed by atoms with Crippen LogP contribution in [0.5, 0.6) is 0 Å². The normalized spacial score (nSPS) is 21.7. The van der Waals surface area contributed by atoms with Crippen molar-refractivity contribution in [2.45, 2.75) is 26.2 Å². The van der Waals surface area contributed by atoms with E-state index in [4.69, 9.17) is 23.2 Å². The molecule has 2 nitrogen and oxygen atoms in total. The third-order valence-electron chi connectivity index (χ3n) is 5.56. The molecule has 0 spiro atoms. The number of allylic oxidation sites excluding steroid dienone is 3. The van der Waals surface area contributed by atoms with E-state index in [0.717, 1.165) is 41.5 Å². The van der Waals surface area contributed by atoms with E-state index in [-0.39, 0.29) is 23.4 Å². The Labute approximate surface area is 169 Å². The molecule has 0 saturated heterocycles. The lowest BCUT2D eigenvalue weighted by atomic mass is 9.87. The second-order valence-electron chi connectivity index (χ2n) is 7.15. The zero-order valence-electron chi connectivity index (χ0n) is 15.0. The number of halogens is 2. The number of carbonyl (C=O) groups is 1. The minimum Gasteiger partial charge on any atom is -0.511 e. The van der Waals surface area contributed by atoms with Gasteiger partial charge in [-0.3, -0.25) is 4.79 Å². The van der Waals surface area contributed by atoms with Crippen LogP contribution in [0.4, 0.5) is 0 Å². The molecule has 27 heavy (non-hydrogen) atoms. The highest BCUT2D eigenvalue weighted by Crippen LogP contribution is 2.41. The summed E-state index contributed by atoms with van der Waals surface area (Å²) in [5.74, 6) is -0.00771. The summed E-state index contributed by atoms with van der Waals surface area (Å²) in [5.41, 5.74) is 4.08. The van der Waals surface area contributed by atoms with Gasteiger partial charge in [-0.05, 0) is 54.2 Å². The molecule has 0 radical (unpaired) electrons. The van der Waals surface area contributed by atoms with Crippen molar-refractivity contribution in [3.05, 3.63) is 75.5 Å². The highest BCUT2D eigenvalue weighted by atomic mass is 35.5. The fourth-order valence-corrected chi connectivity index (χ4v) is 4.56.